The van der Waals surface area contributed by atoms with Crippen LogP contribution in [-0.2, 0) is 9.84 Å². The summed E-state index contributed by atoms with van der Waals surface area (Å²) in [5.74, 6) is 0.687. The highest BCUT2D eigenvalue weighted by Gasteiger charge is 2.53. The van der Waals surface area contributed by atoms with E-state index in [9.17, 15) is 13.2 Å². The third kappa shape index (κ3) is 1.63. The molecule has 4 nitrogen and oxygen atoms in total. The predicted octanol–water partition coefficient (Wildman–Crippen LogP) is 2.70. The highest BCUT2D eigenvalue weighted by atomic mass is 32.2. The Morgan fingerprint density at radius 3 is 2.73 bits per heavy atom. The normalized spacial score (nSPS) is 31.7. The summed E-state index contributed by atoms with van der Waals surface area (Å²) in [6.45, 7) is 1.90. The van der Waals surface area contributed by atoms with Crippen LogP contribution in [0.5, 0.6) is 5.75 Å². The second-order valence-corrected chi connectivity index (χ2v) is 8.56. The van der Waals surface area contributed by atoms with Crippen LogP contribution in [0.25, 0.3) is 0 Å². The number of fused-ring (bicyclic) bond motifs is 5. The number of Topliss-reactive ketones (excluding diaryl/α,β-unsaturated/α-hetero) is 1. The number of ketones is 1. The number of allylic oxidation sites excluding steroid dienone is 2. The maximum absolute atomic E-state index is 12.9. The van der Waals surface area contributed by atoms with Gasteiger partial charge in [-0.3, -0.25) is 4.79 Å². The average Bonchev–Trinajstić information content (AvgIpc) is 2.95. The maximum atomic E-state index is 12.9. The molecule has 0 bridgehead atoms. The van der Waals surface area contributed by atoms with Crippen molar-refractivity contribution >= 4 is 15.6 Å². The first kappa shape index (κ1) is 14.0. The predicted molar refractivity (Wildman–Crippen MR) is 82.8 cm³/mol. The summed E-state index contributed by atoms with van der Waals surface area (Å²) in [6.07, 6.45) is 1.20. The zero-order valence-corrected chi connectivity index (χ0v) is 13.4. The molecule has 3 aliphatic rings. The summed E-state index contributed by atoms with van der Waals surface area (Å²) >= 11 is 0. The molecule has 1 aromatic rings. The number of methoxy groups -OCH3 is 1. The fraction of sp³-hybridized carbons (Fsp3) is 0.471. The lowest BCUT2D eigenvalue weighted by Crippen LogP contribution is -2.28. The summed E-state index contributed by atoms with van der Waals surface area (Å²) < 4.78 is 30.1. The Hall–Kier alpha value is -1.62. The van der Waals surface area contributed by atoms with E-state index in [1.165, 1.54) is 0 Å². The third-order valence-electron chi connectivity index (χ3n) is 5.41. The van der Waals surface area contributed by atoms with E-state index in [0.29, 0.717) is 23.3 Å². The van der Waals surface area contributed by atoms with Crippen LogP contribution in [0.2, 0.25) is 0 Å². The molecule has 1 aliphatic heterocycles. The molecular weight excluding hydrogens is 300 g/mol. The standard InChI is InChI=1S/C17H18O4S/c1-9-8-12-14-10(4-3-5-13(14)21-2)16(18)15(12)11-6-7-22(19,20)17(9)11/h3-5,11-12,15H,6-8H2,1-2H3/t11-,12-,15-/m1/s1. The summed E-state index contributed by atoms with van der Waals surface area (Å²) in [5.41, 5.74) is 2.62. The van der Waals surface area contributed by atoms with E-state index in [1.54, 1.807) is 7.11 Å². The molecule has 4 rings (SSSR count). The van der Waals surface area contributed by atoms with Gasteiger partial charge in [0, 0.05) is 33.8 Å². The lowest BCUT2D eigenvalue weighted by Gasteiger charge is -2.32. The van der Waals surface area contributed by atoms with Gasteiger partial charge >= 0.3 is 0 Å². The van der Waals surface area contributed by atoms with Crippen LogP contribution in [0.1, 0.15) is 41.6 Å². The van der Waals surface area contributed by atoms with Gasteiger partial charge < -0.3 is 4.74 Å². The molecule has 0 radical (unpaired) electrons. The lowest BCUT2D eigenvalue weighted by molar-refractivity contribution is 0.0882. The Bertz CT molecular complexity index is 819. The number of carbonyl (C=O) groups excluding carboxylic acids is 1. The molecule has 2 aliphatic carbocycles. The number of sulfone groups is 1. The van der Waals surface area contributed by atoms with Gasteiger partial charge in [0.2, 0.25) is 0 Å². The second-order valence-electron chi connectivity index (χ2n) is 6.48. The highest BCUT2D eigenvalue weighted by molar-refractivity contribution is 7.95. The van der Waals surface area contributed by atoms with E-state index in [2.05, 4.69) is 0 Å². The summed E-state index contributed by atoms with van der Waals surface area (Å²) in [4.78, 5) is 13.4. The van der Waals surface area contributed by atoms with Crippen molar-refractivity contribution in [3.63, 3.8) is 0 Å². The summed E-state index contributed by atoms with van der Waals surface area (Å²) in [5, 5.41) is 0. The number of hydrogen-bond donors (Lipinski definition) is 0. The maximum Gasteiger partial charge on any atom is 0.174 e. The van der Waals surface area contributed by atoms with Crippen molar-refractivity contribution < 1.29 is 17.9 Å². The van der Waals surface area contributed by atoms with Crippen molar-refractivity contribution in [1.29, 1.82) is 0 Å². The molecule has 3 atom stereocenters. The molecule has 5 heteroatoms. The monoisotopic (exact) mass is 318 g/mol. The van der Waals surface area contributed by atoms with Crippen LogP contribution in [0.4, 0.5) is 0 Å². The van der Waals surface area contributed by atoms with Crippen LogP contribution in [0.15, 0.2) is 28.7 Å². The lowest BCUT2D eigenvalue weighted by atomic mass is 9.72. The average molecular weight is 318 g/mol. The van der Waals surface area contributed by atoms with E-state index in [0.717, 1.165) is 16.9 Å². The Kier molecular flexibility index (Phi) is 2.83. The smallest absolute Gasteiger partial charge is 0.174 e. The van der Waals surface area contributed by atoms with E-state index >= 15 is 0 Å². The Labute approximate surface area is 130 Å². The minimum Gasteiger partial charge on any atom is -0.496 e. The van der Waals surface area contributed by atoms with Crippen molar-refractivity contribution in [2.75, 3.05) is 12.9 Å². The minimum atomic E-state index is -3.17. The number of benzene rings is 1. The van der Waals surface area contributed by atoms with Gasteiger partial charge in [-0.15, -0.1) is 0 Å². The Balaban J connectivity index is 1.92. The van der Waals surface area contributed by atoms with Crippen molar-refractivity contribution in [2.24, 2.45) is 11.8 Å². The topological polar surface area (TPSA) is 60.4 Å². The number of carbonyl (C=O) groups is 1. The summed E-state index contributed by atoms with van der Waals surface area (Å²) in [6, 6.07) is 5.56. The van der Waals surface area contributed by atoms with Crippen molar-refractivity contribution in [2.45, 2.75) is 25.7 Å². The van der Waals surface area contributed by atoms with Gasteiger partial charge in [0.15, 0.2) is 15.6 Å². The SMILES string of the molecule is COc1cccc2c1[C@H]1CC(C)=C3[C@H](CCS3(=O)=O)[C@H]1C2=O. The molecule has 0 saturated carbocycles. The van der Waals surface area contributed by atoms with Crippen LogP contribution < -0.4 is 4.74 Å². The highest BCUT2D eigenvalue weighted by Crippen LogP contribution is 2.57. The molecule has 1 fully saturated rings. The molecule has 1 aromatic carbocycles. The minimum absolute atomic E-state index is 0.0562. The van der Waals surface area contributed by atoms with Gasteiger partial charge in [0.1, 0.15) is 5.75 Å². The zero-order valence-electron chi connectivity index (χ0n) is 12.6. The first-order valence-corrected chi connectivity index (χ1v) is 9.24. The van der Waals surface area contributed by atoms with Gasteiger partial charge in [-0.2, -0.15) is 0 Å². The zero-order chi connectivity index (χ0) is 15.6. The Morgan fingerprint density at radius 1 is 1.23 bits per heavy atom. The molecule has 116 valence electrons. The molecule has 0 amide bonds. The second kappa shape index (κ2) is 4.44. The van der Waals surface area contributed by atoms with Crippen molar-refractivity contribution in [3.05, 3.63) is 39.8 Å². The van der Waals surface area contributed by atoms with Gasteiger partial charge in [-0.05, 0) is 25.8 Å². The van der Waals surface area contributed by atoms with Gasteiger partial charge in [-0.1, -0.05) is 17.7 Å². The van der Waals surface area contributed by atoms with E-state index in [-0.39, 0.29) is 29.3 Å². The Morgan fingerprint density at radius 2 is 2.00 bits per heavy atom. The van der Waals surface area contributed by atoms with Crippen molar-refractivity contribution in [1.82, 2.24) is 0 Å². The van der Waals surface area contributed by atoms with E-state index in [4.69, 9.17) is 4.74 Å². The van der Waals surface area contributed by atoms with Gasteiger partial charge in [0.25, 0.3) is 0 Å². The van der Waals surface area contributed by atoms with Crippen LogP contribution in [0, 0.1) is 11.8 Å². The third-order valence-corrected chi connectivity index (χ3v) is 7.50. The number of hydrogen-bond acceptors (Lipinski definition) is 4. The van der Waals surface area contributed by atoms with Crippen LogP contribution in [0.3, 0.4) is 0 Å². The summed E-state index contributed by atoms with van der Waals surface area (Å²) in [7, 11) is -1.55. The van der Waals surface area contributed by atoms with E-state index in [1.807, 2.05) is 25.1 Å². The fourth-order valence-electron chi connectivity index (χ4n) is 4.66. The molecule has 0 N–H and O–H groups in total. The van der Waals surface area contributed by atoms with Crippen molar-refractivity contribution in [3.8, 4) is 5.75 Å². The van der Waals surface area contributed by atoms with Gasteiger partial charge in [-0.25, -0.2) is 8.42 Å². The van der Waals surface area contributed by atoms with E-state index < -0.39 is 9.84 Å². The first-order chi connectivity index (χ1) is 10.5. The molecule has 1 heterocycles. The van der Waals surface area contributed by atoms with Gasteiger partial charge in [0.05, 0.1) is 12.9 Å². The molecule has 1 saturated heterocycles. The van der Waals surface area contributed by atoms with Crippen LogP contribution >= 0.6 is 0 Å². The fourth-order valence-corrected chi connectivity index (χ4v) is 6.79. The quantitative estimate of drug-likeness (QED) is 0.799. The number of rotatable bonds is 1. The number of ether oxygens (including phenoxy) is 1. The largest absolute Gasteiger partial charge is 0.496 e. The molecule has 22 heavy (non-hydrogen) atoms. The van der Waals surface area contributed by atoms with Crippen LogP contribution in [-0.4, -0.2) is 27.1 Å². The molecule has 0 unspecified atom stereocenters. The first-order valence-electron chi connectivity index (χ1n) is 7.59. The molecular formula is C17H18O4S. The molecule has 0 spiro atoms. The molecule has 0 aromatic heterocycles.